The Morgan fingerprint density at radius 3 is 2.81 bits per heavy atom. The maximum Gasteiger partial charge on any atom is 0.303 e. The number of hydrogen-bond donors (Lipinski definition) is 1. The van der Waals surface area contributed by atoms with Crippen LogP contribution in [-0.2, 0) is 9.59 Å². The molecule has 1 heterocycles. The quantitative estimate of drug-likeness (QED) is 0.506. The van der Waals surface area contributed by atoms with E-state index in [4.69, 9.17) is 26.8 Å². The minimum Gasteiger partial charge on any atom is -0.493 e. The minimum atomic E-state index is -0.886. The Hall–Kier alpha value is -2.06. The number of ether oxygens (including phenoxy) is 2. The first-order valence-corrected chi connectivity index (χ1v) is 9.46. The molecule has 0 aromatic heterocycles. The van der Waals surface area contributed by atoms with Crippen LogP contribution >= 0.6 is 24.0 Å². The molecule has 1 aliphatic rings. The number of rotatable bonds is 9. The summed E-state index contributed by atoms with van der Waals surface area (Å²) in [7, 11) is 1.57. The predicted molar refractivity (Wildman–Crippen MR) is 106 cm³/mol. The van der Waals surface area contributed by atoms with Crippen LogP contribution in [-0.4, -0.2) is 46.5 Å². The molecule has 1 N–H and O–H groups in total. The first kappa shape index (κ1) is 20.3. The molecule has 0 radical (unpaired) electrons. The van der Waals surface area contributed by atoms with Crippen molar-refractivity contribution in [3.63, 3.8) is 0 Å². The molecule has 2 rings (SSSR count). The molecule has 1 fully saturated rings. The van der Waals surface area contributed by atoms with Gasteiger partial charge in [-0.2, -0.15) is 0 Å². The molecule has 1 saturated heterocycles. The molecule has 0 unspecified atom stereocenters. The SMILES string of the molecule is CCCOc1ccc(/C=C2\SC(=S)N(CCCC(=O)O)C2=O)cc1OC. The van der Waals surface area contributed by atoms with E-state index >= 15 is 0 Å². The Morgan fingerprint density at radius 2 is 2.15 bits per heavy atom. The summed E-state index contributed by atoms with van der Waals surface area (Å²) < 4.78 is 11.4. The van der Waals surface area contributed by atoms with Crippen LogP contribution in [0.5, 0.6) is 11.5 Å². The third-order valence-electron chi connectivity index (χ3n) is 3.59. The smallest absolute Gasteiger partial charge is 0.303 e. The Balaban J connectivity index is 2.12. The summed E-state index contributed by atoms with van der Waals surface area (Å²) in [5.74, 6) is 0.177. The lowest BCUT2D eigenvalue weighted by atomic mass is 10.2. The molecule has 1 aromatic rings. The third kappa shape index (κ3) is 5.22. The number of carboxylic acids is 1. The van der Waals surface area contributed by atoms with E-state index in [9.17, 15) is 9.59 Å². The number of carbonyl (C=O) groups excluding carboxylic acids is 1. The van der Waals surface area contributed by atoms with Crippen molar-refractivity contribution in [3.8, 4) is 11.5 Å². The standard InChI is InChI=1S/C18H21NO5S2/c1-3-9-24-13-7-6-12(10-14(13)23-2)11-15-17(22)19(18(25)26-15)8-4-5-16(20)21/h6-7,10-11H,3-5,8-9H2,1-2H3,(H,20,21)/b15-11-. The molecule has 0 aliphatic carbocycles. The number of carbonyl (C=O) groups is 2. The molecule has 6 nitrogen and oxygen atoms in total. The van der Waals surface area contributed by atoms with Gasteiger partial charge in [-0.05, 0) is 36.6 Å². The summed E-state index contributed by atoms with van der Waals surface area (Å²) in [6.45, 7) is 2.94. The second kappa shape index (κ2) is 9.59. The van der Waals surface area contributed by atoms with Crippen LogP contribution in [0.25, 0.3) is 6.08 Å². The number of aliphatic carboxylic acids is 1. The topological polar surface area (TPSA) is 76.1 Å². The van der Waals surface area contributed by atoms with Gasteiger partial charge in [0.25, 0.3) is 5.91 Å². The summed E-state index contributed by atoms with van der Waals surface area (Å²) in [4.78, 5) is 25.1. The van der Waals surface area contributed by atoms with Crippen LogP contribution in [0.4, 0.5) is 0 Å². The third-order valence-corrected chi connectivity index (χ3v) is 4.97. The molecule has 1 aromatic carbocycles. The molecule has 140 valence electrons. The monoisotopic (exact) mass is 395 g/mol. The van der Waals surface area contributed by atoms with Crippen LogP contribution in [0.15, 0.2) is 23.1 Å². The van der Waals surface area contributed by atoms with Gasteiger partial charge in [0.2, 0.25) is 0 Å². The van der Waals surface area contributed by atoms with E-state index in [0.717, 1.165) is 12.0 Å². The van der Waals surface area contributed by atoms with E-state index in [0.29, 0.717) is 40.3 Å². The van der Waals surface area contributed by atoms with E-state index < -0.39 is 5.97 Å². The number of methoxy groups -OCH3 is 1. The predicted octanol–water partition coefficient (Wildman–Crippen LogP) is 3.55. The molecular formula is C18H21NO5S2. The van der Waals surface area contributed by atoms with Crippen molar-refractivity contribution >= 4 is 46.3 Å². The largest absolute Gasteiger partial charge is 0.493 e. The van der Waals surface area contributed by atoms with Gasteiger partial charge < -0.3 is 14.6 Å². The highest BCUT2D eigenvalue weighted by molar-refractivity contribution is 8.26. The van der Waals surface area contributed by atoms with Gasteiger partial charge in [-0.1, -0.05) is 37.0 Å². The van der Waals surface area contributed by atoms with Crippen LogP contribution in [0.2, 0.25) is 0 Å². The normalized spacial score (nSPS) is 15.6. The number of thioether (sulfide) groups is 1. The van der Waals surface area contributed by atoms with Gasteiger partial charge in [0.05, 0.1) is 18.6 Å². The summed E-state index contributed by atoms with van der Waals surface area (Å²) in [5, 5.41) is 8.72. The van der Waals surface area contributed by atoms with E-state index in [2.05, 4.69) is 0 Å². The summed E-state index contributed by atoms with van der Waals surface area (Å²) >= 11 is 6.46. The van der Waals surface area contributed by atoms with Crippen molar-refractivity contribution in [2.45, 2.75) is 26.2 Å². The van der Waals surface area contributed by atoms with Crippen LogP contribution in [0, 0.1) is 0 Å². The highest BCUT2D eigenvalue weighted by Gasteiger charge is 2.31. The van der Waals surface area contributed by atoms with Gasteiger partial charge in [0.15, 0.2) is 11.5 Å². The summed E-state index contributed by atoms with van der Waals surface area (Å²) in [6.07, 6.45) is 3.02. The Bertz CT molecular complexity index is 732. The van der Waals surface area contributed by atoms with Gasteiger partial charge in [-0.3, -0.25) is 14.5 Å². The fourth-order valence-corrected chi connectivity index (χ4v) is 3.65. The minimum absolute atomic E-state index is 0.00648. The lowest BCUT2D eigenvalue weighted by Crippen LogP contribution is -2.29. The molecule has 8 heteroatoms. The lowest BCUT2D eigenvalue weighted by Gasteiger charge is -2.13. The Labute approximate surface area is 162 Å². The average molecular weight is 396 g/mol. The van der Waals surface area contributed by atoms with Crippen molar-refractivity contribution in [2.24, 2.45) is 0 Å². The first-order valence-electron chi connectivity index (χ1n) is 8.24. The number of carboxylic acid groups (broad SMARTS) is 1. The molecule has 1 aliphatic heterocycles. The fraction of sp³-hybridized carbons (Fsp3) is 0.389. The number of benzene rings is 1. The number of thiocarbonyl (C=S) groups is 1. The summed E-state index contributed by atoms with van der Waals surface area (Å²) in [5.41, 5.74) is 0.803. The molecular weight excluding hydrogens is 374 g/mol. The van der Waals surface area contributed by atoms with Crippen LogP contribution < -0.4 is 9.47 Å². The zero-order chi connectivity index (χ0) is 19.1. The second-order valence-corrected chi connectivity index (χ2v) is 7.27. The zero-order valence-corrected chi connectivity index (χ0v) is 16.3. The average Bonchev–Trinajstić information content (AvgIpc) is 2.87. The molecule has 0 bridgehead atoms. The van der Waals surface area contributed by atoms with Crippen LogP contribution in [0.1, 0.15) is 31.7 Å². The molecule has 0 spiro atoms. The maximum absolute atomic E-state index is 12.5. The van der Waals surface area contributed by atoms with Crippen molar-refractivity contribution in [2.75, 3.05) is 20.3 Å². The molecule has 1 amide bonds. The van der Waals surface area contributed by atoms with Gasteiger partial charge in [0, 0.05) is 13.0 Å². The fourth-order valence-electron chi connectivity index (χ4n) is 2.34. The van der Waals surface area contributed by atoms with Crippen LogP contribution in [0.3, 0.4) is 0 Å². The number of nitrogens with zero attached hydrogens (tertiary/aromatic N) is 1. The number of amides is 1. The zero-order valence-electron chi connectivity index (χ0n) is 14.7. The number of hydrogen-bond acceptors (Lipinski definition) is 6. The van der Waals surface area contributed by atoms with Gasteiger partial charge >= 0.3 is 5.97 Å². The second-order valence-electron chi connectivity index (χ2n) is 5.59. The van der Waals surface area contributed by atoms with E-state index in [1.807, 2.05) is 25.1 Å². The van der Waals surface area contributed by atoms with Crippen molar-refractivity contribution in [1.29, 1.82) is 0 Å². The highest BCUT2D eigenvalue weighted by Crippen LogP contribution is 2.34. The summed E-state index contributed by atoms with van der Waals surface area (Å²) in [6, 6.07) is 5.47. The van der Waals surface area contributed by atoms with Gasteiger partial charge in [0.1, 0.15) is 4.32 Å². The van der Waals surface area contributed by atoms with Gasteiger partial charge in [-0.25, -0.2) is 0 Å². The van der Waals surface area contributed by atoms with Gasteiger partial charge in [-0.15, -0.1) is 0 Å². The van der Waals surface area contributed by atoms with E-state index in [-0.39, 0.29) is 12.3 Å². The Kier molecular flexibility index (Phi) is 7.47. The highest BCUT2D eigenvalue weighted by atomic mass is 32.2. The molecule has 0 atom stereocenters. The van der Waals surface area contributed by atoms with Crippen molar-refractivity contribution in [3.05, 3.63) is 28.7 Å². The van der Waals surface area contributed by atoms with Crippen molar-refractivity contribution < 1.29 is 24.2 Å². The van der Waals surface area contributed by atoms with E-state index in [1.165, 1.54) is 16.7 Å². The first-order chi connectivity index (χ1) is 12.5. The maximum atomic E-state index is 12.5. The molecule has 26 heavy (non-hydrogen) atoms. The lowest BCUT2D eigenvalue weighted by molar-refractivity contribution is -0.137. The van der Waals surface area contributed by atoms with Crippen molar-refractivity contribution in [1.82, 2.24) is 4.90 Å². The Morgan fingerprint density at radius 1 is 1.38 bits per heavy atom. The molecule has 0 saturated carbocycles. The van der Waals surface area contributed by atoms with E-state index in [1.54, 1.807) is 13.2 Å².